The van der Waals surface area contributed by atoms with Gasteiger partial charge in [-0.05, 0) is 48.0 Å². The molecule has 4 aromatic carbocycles. The van der Waals surface area contributed by atoms with Crippen molar-refractivity contribution in [3.63, 3.8) is 0 Å². The van der Waals surface area contributed by atoms with Gasteiger partial charge in [-0.1, -0.05) is 36.4 Å². The highest BCUT2D eigenvalue weighted by Gasteiger charge is 2.31. The van der Waals surface area contributed by atoms with Gasteiger partial charge in [0.1, 0.15) is 30.1 Å². The van der Waals surface area contributed by atoms with Crippen molar-refractivity contribution >= 4 is 62.6 Å². The number of anilines is 4. The van der Waals surface area contributed by atoms with E-state index in [2.05, 4.69) is 29.9 Å². The van der Waals surface area contributed by atoms with E-state index in [1.807, 2.05) is 66.5 Å². The van der Waals surface area contributed by atoms with Gasteiger partial charge in [0.2, 0.25) is 5.62 Å². The predicted molar refractivity (Wildman–Crippen MR) is 179 cm³/mol. The smallest absolute Gasteiger partial charge is 0.406 e. The Bertz CT molecular complexity index is 2440. The molecule has 3 heterocycles. The first-order chi connectivity index (χ1) is 23.6. The molecule has 0 radical (unpaired) electrons. The number of nitrogens with zero attached hydrogens (tertiary/aromatic N) is 9. The lowest BCUT2D eigenvalue weighted by atomic mass is 10.1. The molecular formula is C34H27F3N10O2. The Balaban J connectivity index is 1.31. The summed E-state index contributed by atoms with van der Waals surface area (Å²) in [4.78, 5) is 17.1. The first-order valence-electron chi connectivity index (χ1n) is 14.9. The molecule has 0 aliphatic heterocycles. The topological polar surface area (TPSA) is 133 Å². The molecule has 246 valence electrons. The quantitative estimate of drug-likeness (QED) is 0.144. The van der Waals surface area contributed by atoms with Crippen molar-refractivity contribution in [1.82, 2.24) is 29.1 Å². The summed E-state index contributed by atoms with van der Waals surface area (Å²) in [6, 6.07) is 26.0. The standard InChI is InChI=1S/C34H27F3N10O2/c1-44(23-9-7-8-21(14-23)18-48)30-26-10-3-5-12-28(26)46(32(38)41-30)19-39-22-15-24(17-25(16-22)49-34(35,36)37)45(2)31-27-11-4-6-13-29(27)47-20-40-43-33(47)42-31/h3-17,19-20,38,48H,18H2,1-2H3. The van der Waals surface area contributed by atoms with Crippen LogP contribution < -0.4 is 20.2 Å². The number of aromatic nitrogens is 6. The SMILES string of the molecule is CN(c1cccc(CO)c1)c1nc(=N)n(C=Nc2cc(OC(F)(F)F)cc(N(C)c3nc4nncn4c4ccccc34)c2)c2ccccc12. The highest BCUT2D eigenvalue weighted by atomic mass is 19.4. The van der Waals surface area contributed by atoms with E-state index in [1.165, 1.54) is 23.3 Å². The van der Waals surface area contributed by atoms with E-state index in [9.17, 15) is 18.3 Å². The van der Waals surface area contributed by atoms with Gasteiger partial charge in [0.25, 0.3) is 5.78 Å². The van der Waals surface area contributed by atoms with E-state index in [-0.39, 0.29) is 17.9 Å². The summed E-state index contributed by atoms with van der Waals surface area (Å²) in [5.41, 5.74) is 3.09. The number of benzene rings is 4. The lowest BCUT2D eigenvalue weighted by Crippen LogP contribution is -2.26. The van der Waals surface area contributed by atoms with Gasteiger partial charge < -0.3 is 19.6 Å². The Labute approximate surface area is 276 Å². The number of aliphatic imine (C=N–C) groups is 1. The van der Waals surface area contributed by atoms with E-state index < -0.39 is 12.1 Å². The van der Waals surface area contributed by atoms with Crippen LogP contribution >= 0.6 is 0 Å². The van der Waals surface area contributed by atoms with Gasteiger partial charge >= 0.3 is 6.36 Å². The molecule has 3 aromatic heterocycles. The Hall–Kier alpha value is -6.35. The third kappa shape index (κ3) is 6.09. The van der Waals surface area contributed by atoms with Crippen LogP contribution in [0.4, 0.5) is 41.9 Å². The Morgan fingerprint density at radius 1 is 0.857 bits per heavy atom. The lowest BCUT2D eigenvalue weighted by molar-refractivity contribution is -0.274. The van der Waals surface area contributed by atoms with Crippen molar-refractivity contribution in [3.8, 4) is 5.75 Å². The minimum atomic E-state index is -4.95. The highest BCUT2D eigenvalue weighted by Crippen LogP contribution is 2.36. The molecular weight excluding hydrogens is 637 g/mol. The normalized spacial score (nSPS) is 12.0. The zero-order chi connectivity index (χ0) is 34.3. The minimum absolute atomic E-state index is 0.120. The molecule has 0 aliphatic rings. The third-order valence-corrected chi connectivity index (χ3v) is 7.92. The van der Waals surface area contributed by atoms with Crippen LogP contribution in [0.5, 0.6) is 5.75 Å². The molecule has 2 N–H and O–H groups in total. The molecule has 0 saturated heterocycles. The number of nitrogens with one attached hydrogen (secondary N) is 1. The van der Waals surface area contributed by atoms with Crippen molar-refractivity contribution in [1.29, 1.82) is 5.41 Å². The summed E-state index contributed by atoms with van der Waals surface area (Å²) in [6.07, 6.45) is -2.08. The number of fused-ring (bicyclic) bond motifs is 4. The first kappa shape index (κ1) is 31.3. The van der Waals surface area contributed by atoms with Gasteiger partial charge in [-0.15, -0.1) is 23.4 Å². The molecule has 0 unspecified atom stereocenters. The number of ether oxygens (including phenoxy) is 1. The van der Waals surface area contributed by atoms with Crippen LogP contribution in [0.1, 0.15) is 5.56 Å². The summed E-state index contributed by atoms with van der Waals surface area (Å²) in [6.45, 7) is -0.123. The van der Waals surface area contributed by atoms with Crippen LogP contribution in [-0.2, 0) is 6.61 Å². The van der Waals surface area contributed by atoms with Gasteiger partial charge in [0.15, 0.2) is 0 Å². The lowest BCUT2D eigenvalue weighted by Gasteiger charge is -2.22. The van der Waals surface area contributed by atoms with Crippen molar-refractivity contribution in [2.45, 2.75) is 13.0 Å². The van der Waals surface area contributed by atoms with Crippen LogP contribution in [0.2, 0.25) is 0 Å². The Morgan fingerprint density at radius 3 is 2.31 bits per heavy atom. The number of para-hydroxylation sites is 2. The summed E-state index contributed by atoms with van der Waals surface area (Å²) in [5.74, 6) is 0.750. The van der Waals surface area contributed by atoms with E-state index in [0.717, 1.165) is 22.8 Å². The minimum Gasteiger partial charge on any atom is -0.406 e. The van der Waals surface area contributed by atoms with Crippen LogP contribution in [-0.4, -0.2) is 61.0 Å². The van der Waals surface area contributed by atoms with Crippen molar-refractivity contribution < 1.29 is 23.0 Å². The van der Waals surface area contributed by atoms with Gasteiger partial charge in [-0.2, -0.15) is 9.97 Å². The molecule has 7 rings (SSSR count). The van der Waals surface area contributed by atoms with E-state index >= 15 is 0 Å². The molecule has 12 nitrogen and oxygen atoms in total. The van der Waals surface area contributed by atoms with E-state index in [0.29, 0.717) is 39.4 Å². The molecule has 0 saturated carbocycles. The molecule has 0 fully saturated rings. The molecule has 0 atom stereocenters. The van der Waals surface area contributed by atoms with Crippen molar-refractivity contribution in [2.24, 2.45) is 4.99 Å². The zero-order valence-electron chi connectivity index (χ0n) is 26.0. The predicted octanol–water partition coefficient (Wildman–Crippen LogP) is 6.24. The summed E-state index contributed by atoms with van der Waals surface area (Å²) < 4.78 is 47.9. The fraction of sp³-hybridized carbons (Fsp3) is 0.118. The number of hydrogen-bond acceptors (Lipinski definition) is 10. The van der Waals surface area contributed by atoms with Gasteiger partial charge in [-0.3, -0.25) is 14.4 Å². The summed E-state index contributed by atoms with van der Waals surface area (Å²) in [7, 11) is 3.48. The number of hydrogen-bond donors (Lipinski definition) is 2. The number of rotatable bonds is 8. The average Bonchev–Trinajstić information content (AvgIpc) is 3.58. The molecule has 0 spiro atoms. The molecule has 7 aromatic rings. The molecule has 49 heavy (non-hydrogen) atoms. The van der Waals surface area contributed by atoms with Crippen LogP contribution in [0.15, 0.2) is 102 Å². The van der Waals surface area contributed by atoms with Gasteiger partial charge in [0, 0.05) is 48.4 Å². The van der Waals surface area contributed by atoms with Crippen LogP contribution in [0.25, 0.3) is 27.6 Å². The Kier molecular flexibility index (Phi) is 7.88. The van der Waals surface area contributed by atoms with Crippen LogP contribution in [0.3, 0.4) is 0 Å². The maximum absolute atomic E-state index is 13.5. The molecule has 0 bridgehead atoms. The molecule has 0 aliphatic carbocycles. The Morgan fingerprint density at radius 2 is 1.55 bits per heavy atom. The second-order valence-corrected chi connectivity index (χ2v) is 11.0. The average molecular weight is 665 g/mol. The largest absolute Gasteiger partial charge is 0.573 e. The second kappa shape index (κ2) is 12.4. The number of aliphatic hydroxyl groups excluding tert-OH is 1. The molecule has 15 heteroatoms. The molecule has 0 amide bonds. The summed E-state index contributed by atoms with van der Waals surface area (Å²) in [5, 5.41) is 27.8. The van der Waals surface area contributed by atoms with Crippen LogP contribution in [0, 0.1) is 5.41 Å². The fourth-order valence-corrected chi connectivity index (χ4v) is 5.59. The van der Waals surface area contributed by atoms with E-state index in [1.54, 1.807) is 40.6 Å². The van der Waals surface area contributed by atoms with Gasteiger partial charge in [0.05, 0.1) is 23.3 Å². The number of aliphatic hydroxyl groups is 1. The number of alkyl halides is 3. The highest BCUT2D eigenvalue weighted by molar-refractivity contribution is 5.95. The van der Waals surface area contributed by atoms with E-state index in [4.69, 9.17) is 5.41 Å². The maximum Gasteiger partial charge on any atom is 0.573 e. The van der Waals surface area contributed by atoms with Gasteiger partial charge in [-0.25, -0.2) is 4.99 Å². The first-order valence-corrected chi connectivity index (χ1v) is 14.9. The monoisotopic (exact) mass is 664 g/mol. The number of halogens is 3. The second-order valence-electron chi connectivity index (χ2n) is 11.0. The third-order valence-electron chi connectivity index (χ3n) is 7.92. The fourth-order valence-electron chi connectivity index (χ4n) is 5.59. The van der Waals surface area contributed by atoms with Crippen molar-refractivity contribution in [3.05, 3.63) is 109 Å². The summed E-state index contributed by atoms with van der Waals surface area (Å²) >= 11 is 0. The maximum atomic E-state index is 13.5. The van der Waals surface area contributed by atoms with Crippen molar-refractivity contribution in [2.75, 3.05) is 23.9 Å². The zero-order valence-corrected chi connectivity index (χ0v) is 26.0.